The summed E-state index contributed by atoms with van der Waals surface area (Å²) in [5.41, 5.74) is 3.86. The van der Waals surface area contributed by atoms with Crippen LogP contribution in [0.15, 0.2) is 60.7 Å². The van der Waals surface area contributed by atoms with E-state index >= 15 is 0 Å². The molecule has 3 heteroatoms. The second-order valence-corrected chi connectivity index (χ2v) is 6.61. The Morgan fingerprint density at radius 3 is 2.37 bits per heavy atom. The van der Waals surface area contributed by atoms with E-state index in [1.54, 1.807) is 0 Å². The van der Waals surface area contributed by atoms with Crippen molar-refractivity contribution < 1.29 is 15.5 Å². The van der Waals surface area contributed by atoms with Gasteiger partial charge in [-0.05, 0) is 0 Å². The van der Waals surface area contributed by atoms with Crippen molar-refractivity contribution in [1.82, 2.24) is 0 Å². The second-order valence-electron chi connectivity index (χ2n) is 4.31. The number of aryl methyl sites for hydroxylation is 1. The second kappa shape index (κ2) is 6.39. The van der Waals surface area contributed by atoms with Crippen LogP contribution in [0.3, 0.4) is 0 Å². The molecule has 0 aliphatic carbocycles. The topological polar surface area (TPSA) is 12.8 Å². The third-order valence-electron chi connectivity index (χ3n) is 2.88. The number of benzene rings is 2. The van der Waals surface area contributed by atoms with E-state index in [0.717, 1.165) is 5.76 Å². The van der Waals surface area contributed by atoms with Gasteiger partial charge in [-0.2, -0.15) is 0 Å². The Balaban J connectivity index is 0.00000133. The molecule has 0 bridgehead atoms. The van der Waals surface area contributed by atoms with Gasteiger partial charge < -0.3 is 12.4 Å². The third-order valence-corrected chi connectivity index (χ3v) is 5.27. The van der Waals surface area contributed by atoms with Gasteiger partial charge in [0, 0.05) is 0 Å². The summed E-state index contributed by atoms with van der Waals surface area (Å²) < 4.78 is 6.19. The quantitative estimate of drug-likeness (QED) is 0.499. The van der Waals surface area contributed by atoms with Crippen LogP contribution in [0.25, 0.3) is 5.76 Å². The van der Waals surface area contributed by atoms with Gasteiger partial charge in [0.15, 0.2) is 0 Å². The number of hydrogen-bond acceptors (Lipinski definition) is 0. The molecule has 0 spiro atoms. The molecule has 19 heavy (non-hydrogen) atoms. The summed E-state index contributed by atoms with van der Waals surface area (Å²) in [6.45, 7) is 2.12. The first-order valence-corrected chi connectivity index (χ1v) is 8.13. The zero-order valence-electron chi connectivity index (χ0n) is 10.5. The first-order chi connectivity index (χ1) is 8.83. The van der Waals surface area contributed by atoms with Crippen molar-refractivity contribution in [3.8, 4) is 0 Å². The molecule has 1 aliphatic rings. The summed E-state index contributed by atoms with van der Waals surface area (Å²) in [4.78, 5) is 0. The van der Waals surface area contributed by atoms with E-state index in [-0.39, 0.29) is 12.4 Å². The molecule has 0 unspecified atom stereocenters. The Morgan fingerprint density at radius 2 is 1.63 bits per heavy atom. The minimum absolute atomic E-state index is 0. The van der Waals surface area contributed by atoms with Crippen LogP contribution in [0.1, 0.15) is 16.7 Å². The molecule has 1 heterocycles. The van der Waals surface area contributed by atoms with E-state index in [4.69, 9.17) is 3.10 Å². The first kappa shape index (κ1) is 14.3. The van der Waals surface area contributed by atoms with E-state index < -0.39 is 20.9 Å². The molecule has 0 aromatic heterocycles. The van der Waals surface area contributed by atoms with Gasteiger partial charge in [0.05, 0.1) is 0 Å². The Bertz CT molecular complexity index is 632. The van der Waals surface area contributed by atoms with Gasteiger partial charge >= 0.3 is 118 Å². The summed E-state index contributed by atoms with van der Waals surface area (Å²) in [7, 11) is 0. The van der Waals surface area contributed by atoms with Crippen molar-refractivity contribution in [2.24, 2.45) is 0 Å². The van der Waals surface area contributed by atoms with Crippen LogP contribution in [-0.4, -0.2) is 27.5 Å². The molecule has 97 valence electrons. The van der Waals surface area contributed by atoms with E-state index in [1.165, 1.54) is 20.2 Å². The molecular formula is C16H14ClOTe. The Morgan fingerprint density at radius 1 is 0.895 bits per heavy atom. The molecule has 2 aromatic rings. The maximum atomic E-state index is 4.76. The fraction of sp³-hybridized carbons (Fsp3) is 0.0625. The predicted octanol–water partition coefficient (Wildman–Crippen LogP) is -0.279. The number of rotatable bonds is 2. The molecule has 2 aromatic carbocycles. The minimum Gasteiger partial charge on any atom is -1.00 e. The average molecular weight is 385 g/mol. The Kier molecular flexibility index (Phi) is 4.82. The SMILES string of the molecule is Cc1cccc(C2=CC(c3ccccc3)=[Te][OH+]2)c1.[Cl-]. The van der Waals surface area contributed by atoms with Crippen LogP contribution in [-0.2, 0) is 0 Å². The number of halogens is 1. The molecule has 1 nitrogen and oxygen atoms in total. The van der Waals surface area contributed by atoms with Crippen molar-refractivity contribution in [3.63, 3.8) is 0 Å². The number of hydrogen-bond donors (Lipinski definition) is 0. The Hall–Kier alpha value is -1.07. The summed E-state index contributed by atoms with van der Waals surface area (Å²) in [6, 6.07) is 19.2. The largest absolute Gasteiger partial charge is 1.00 e. The van der Waals surface area contributed by atoms with Gasteiger partial charge in [-0.3, -0.25) is 0 Å². The van der Waals surface area contributed by atoms with Gasteiger partial charge in [-0.15, -0.1) is 0 Å². The molecule has 0 saturated carbocycles. The smallest absolute Gasteiger partial charge is 1.00 e. The minimum atomic E-state index is -0.414. The number of allylic oxidation sites excluding steroid dienone is 1. The molecule has 0 atom stereocenters. The summed E-state index contributed by atoms with van der Waals surface area (Å²) in [5, 5.41) is 0. The van der Waals surface area contributed by atoms with Gasteiger partial charge in [-0.25, -0.2) is 0 Å². The van der Waals surface area contributed by atoms with Gasteiger partial charge in [0.25, 0.3) is 0 Å². The van der Waals surface area contributed by atoms with Crippen molar-refractivity contribution in [1.29, 1.82) is 0 Å². The van der Waals surface area contributed by atoms with E-state index in [0.29, 0.717) is 0 Å². The maximum absolute atomic E-state index is 4.76. The van der Waals surface area contributed by atoms with Crippen LogP contribution < -0.4 is 12.4 Å². The molecule has 1 aliphatic heterocycles. The average Bonchev–Trinajstić information content (AvgIpc) is 2.89. The fourth-order valence-electron chi connectivity index (χ4n) is 1.95. The van der Waals surface area contributed by atoms with Crippen molar-refractivity contribution in [2.45, 2.75) is 6.92 Å². The third kappa shape index (κ3) is 3.28. The molecule has 1 radical (unpaired) electrons. The van der Waals surface area contributed by atoms with Crippen LogP contribution in [0.5, 0.6) is 0 Å². The van der Waals surface area contributed by atoms with Crippen LogP contribution in [0.2, 0.25) is 0 Å². The first-order valence-electron chi connectivity index (χ1n) is 5.92. The standard InChI is InChI=1S/C16H14OTe.ClH/c1-12-6-5-9-14(10-12)15-11-16(18-17-15)13-7-3-2-4-8-13;/h2-11,17H,1H3;1H/q+1;/p-1. The molecule has 1 N–H and O–H groups in total. The molecule has 0 amide bonds. The molecule has 0 saturated heterocycles. The van der Waals surface area contributed by atoms with E-state index in [9.17, 15) is 0 Å². The molecular weight excluding hydrogens is 371 g/mol. The predicted molar refractivity (Wildman–Crippen MR) is 77.7 cm³/mol. The summed E-state index contributed by atoms with van der Waals surface area (Å²) in [5.74, 6) is 1.15. The van der Waals surface area contributed by atoms with Gasteiger partial charge in [0.2, 0.25) is 0 Å². The fourth-order valence-corrected chi connectivity index (χ4v) is 4.13. The normalized spacial score (nSPS) is 13.1. The molecule has 0 fully saturated rings. The molecule has 3 rings (SSSR count). The van der Waals surface area contributed by atoms with Crippen LogP contribution in [0, 0.1) is 6.92 Å². The van der Waals surface area contributed by atoms with Crippen molar-refractivity contribution >= 4 is 30.2 Å². The van der Waals surface area contributed by atoms with Crippen LogP contribution >= 0.6 is 0 Å². The van der Waals surface area contributed by atoms with E-state index in [2.05, 4.69) is 67.6 Å². The monoisotopic (exact) mass is 387 g/mol. The van der Waals surface area contributed by atoms with Crippen molar-refractivity contribution in [3.05, 3.63) is 77.4 Å². The zero-order valence-corrected chi connectivity index (χ0v) is 13.6. The van der Waals surface area contributed by atoms with Crippen molar-refractivity contribution in [2.75, 3.05) is 0 Å². The number of aliphatic hydroxyl groups is 1. The van der Waals surface area contributed by atoms with E-state index in [1.807, 2.05) is 0 Å². The summed E-state index contributed by atoms with van der Waals surface area (Å²) >= 11 is -0.414. The van der Waals surface area contributed by atoms with Crippen LogP contribution in [0.4, 0.5) is 0 Å². The zero-order chi connectivity index (χ0) is 12.4. The van der Waals surface area contributed by atoms with Gasteiger partial charge in [-0.1, -0.05) is 0 Å². The summed E-state index contributed by atoms with van der Waals surface area (Å²) in [6.07, 6.45) is 2.26. The Labute approximate surface area is 129 Å². The maximum Gasteiger partial charge on any atom is -1.00 e. The van der Waals surface area contributed by atoms with Gasteiger partial charge in [0.1, 0.15) is 0 Å².